The fourth-order valence-electron chi connectivity index (χ4n) is 3.11. The van der Waals surface area contributed by atoms with E-state index in [2.05, 4.69) is 13.8 Å². The lowest BCUT2D eigenvalue weighted by molar-refractivity contribution is -0.122. The van der Waals surface area contributed by atoms with Crippen LogP contribution in [0.25, 0.3) is 0 Å². The maximum atomic E-state index is 11.7. The van der Waals surface area contributed by atoms with Gasteiger partial charge >= 0.3 is 0 Å². The highest BCUT2D eigenvalue weighted by Crippen LogP contribution is 2.17. The molecule has 0 saturated carbocycles. The Labute approximate surface area is 134 Å². The van der Waals surface area contributed by atoms with Crippen LogP contribution in [0, 0.1) is 5.92 Å². The van der Waals surface area contributed by atoms with Crippen molar-refractivity contribution in [3.05, 3.63) is 0 Å². The largest absolute Gasteiger partial charge is 0.299 e. The van der Waals surface area contributed by atoms with Gasteiger partial charge in [0.2, 0.25) is 0 Å². The zero-order chi connectivity index (χ0) is 15.8. The summed E-state index contributed by atoms with van der Waals surface area (Å²) in [5, 5.41) is 0. The number of hydrogen-bond acceptors (Lipinski definition) is 1. The second-order valence-corrected chi connectivity index (χ2v) is 6.60. The van der Waals surface area contributed by atoms with Crippen LogP contribution >= 0.6 is 0 Å². The molecule has 0 radical (unpaired) electrons. The molecule has 21 heavy (non-hydrogen) atoms. The third-order valence-corrected chi connectivity index (χ3v) is 4.70. The highest BCUT2D eigenvalue weighted by Gasteiger charge is 2.13. The number of hydrogen-bond donors (Lipinski definition) is 0. The van der Waals surface area contributed by atoms with Gasteiger partial charge in [0.15, 0.2) is 0 Å². The van der Waals surface area contributed by atoms with Crippen molar-refractivity contribution >= 4 is 5.78 Å². The molecule has 0 bridgehead atoms. The summed E-state index contributed by atoms with van der Waals surface area (Å²) in [7, 11) is 0. The predicted octanol–water partition coefficient (Wildman–Crippen LogP) is 7.08. The maximum Gasteiger partial charge on any atom is 0.135 e. The lowest BCUT2D eigenvalue weighted by Gasteiger charge is -2.12. The molecule has 126 valence electrons. The molecule has 0 N–H and O–H groups in total. The van der Waals surface area contributed by atoms with Gasteiger partial charge in [-0.1, -0.05) is 97.8 Å². The molecule has 0 saturated heterocycles. The fraction of sp³-hybridized carbons (Fsp3) is 0.950. The Balaban J connectivity index is 3.23. The number of carbonyl (C=O) groups is 1. The van der Waals surface area contributed by atoms with Gasteiger partial charge in [-0.05, 0) is 12.8 Å². The molecule has 1 heteroatoms. The summed E-state index contributed by atoms with van der Waals surface area (Å²) in [5.41, 5.74) is 0. The van der Waals surface area contributed by atoms with Crippen LogP contribution in [0.4, 0.5) is 0 Å². The van der Waals surface area contributed by atoms with Gasteiger partial charge in [0.25, 0.3) is 0 Å². The smallest absolute Gasteiger partial charge is 0.135 e. The van der Waals surface area contributed by atoms with Crippen molar-refractivity contribution < 1.29 is 4.79 Å². The first-order chi connectivity index (χ1) is 10.3. The van der Waals surface area contributed by atoms with Crippen LogP contribution in [0.1, 0.15) is 117 Å². The Morgan fingerprint density at radius 3 is 1.48 bits per heavy atom. The Morgan fingerprint density at radius 2 is 1.10 bits per heavy atom. The van der Waals surface area contributed by atoms with Gasteiger partial charge in [0.05, 0.1) is 0 Å². The van der Waals surface area contributed by atoms with E-state index in [9.17, 15) is 4.79 Å². The number of unbranched alkanes of at least 4 members (excludes halogenated alkanes) is 11. The minimum atomic E-state index is 0.345. The van der Waals surface area contributed by atoms with Crippen LogP contribution < -0.4 is 0 Å². The zero-order valence-electron chi connectivity index (χ0n) is 15.1. The monoisotopic (exact) mass is 296 g/mol. The highest BCUT2D eigenvalue weighted by molar-refractivity contribution is 5.80. The van der Waals surface area contributed by atoms with Crippen LogP contribution in [0.3, 0.4) is 0 Å². The maximum absolute atomic E-state index is 11.7. The van der Waals surface area contributed by atoms with E-state index in [0.717, 1.165) is 19.3 Å². The molecule has 1 unspecified atom stereocenters. The topological polar surface area (TPSA) is 17.1 Å². The molecule has 0 aliphatic heterocycles. The normalized spacial score (nSPS) is 12.5. The van der Waals surface area contributed by atoms with Crippen molar-refractivity contribution in [2.75, 3.05) is 0 Å². The number of Topliss-reactive ketones (excluding diaryl/α,β-unsaturated/α-hetero) is 1. The van der Waals surface area contributed by atoms with Crippen LogP contribution in [0.5, 0.6) is 0 Å². The van der Waals surface area contributed by atoms with Crippen molar-refractivity contribution in [2.24, 2.45) is 5.92 Å². The molecule has 0 spiro atoms. The molecule has 0 aromatic carbocycles. The Morgan fingerprint density at radius 1 is 0.667 bits per heavy atom. The van der Waals surface area contributed by atoms with E-state index in [1.54, 1.807) is 0 Å². The van der Waals surface area contributed by atoms with Gasteiger partial charge in [-0.25, -0.2) is 0 Å². The van der Waals surface area contributed by atoms with E-state index in [0.29, 0.717) is 11.7 Å². The molecule has 0 aliphatic rings. The van der Waals surface area contributed by atoms with Crippen molar-refractivity contribution in [1.29, 1.82) is 0 Å². The van der Waals surface area contributed by atoms with Crippen LogP contribution in [0.2, 0.25) is 0 Å². The second kappa shape index (κ2) is 16.0. The predicted molar refractivity (Wildman–Crippen MR) is 94.8 cm³/mol. The molecule has 1 nitrogen and oxygen atoms in total. The van der Waals surface area contributed by atoms with Crippen molar-refractivity contribution in [3.8, 4) is 0 Å². The summed E-state index contributed by atoms with van der Waals surface area (Å²) >= 11 is 0. The number of carbonyl (C=O) groups excluding carboxylic acids is 1. The quantitative estimate of drug-likeness (QED) is 0.278. The molecule has 0 aromatic rings. The molecule has 0 fully saturated rings. The number of rotatable bonds is 16. The SMILES string of the molecule is CCCCCCCCCCCCCCC(CC)C(=O)CC. The van der Waals surface area contributed by atoms with Crippen LogP contribution in [0.15, 0.2) is 0 Å². The fourth-order valence-corrected chi connectivity index (χ4v) is 3.11. The average Bonchev–Trinajstić information content (AvgIpc) is 2.51. The molecule has 0 aromatic heterocycles. The Kier molecular flexibility index (Phi) is 15.8. The second-order valence-electron chi connectivity index (χ2n) is 6.60. The first-order valence-electron chi connectivity index (χ1n) is 9.78. The molecule has 0 rings (SSSR count). The van der Waals surface area contributed by atoms with Gasteiger partial charge < -0.3 is 0 Å². The average molecular weight is 297 g/mol. The van der Waals surface area contributed by atoms with E-state index in [1.807, 2.05) is 6.92 Å². The molecule has 1 atom stereocenters. The van der Waals surface area contributed by atoms with Gasteiger partial charge in [-0.2, -0.15) is 0 Å². The van der Waals surface area contributed by atoms with Crippen molar-refractivity contribution in [2.45, 2.75) is 117 Å². The molecular weight excluding hydrogens is 256 g/mol. The first kappa shape index (κ1) is 20.7. The van der Waals surface area contributed by atoms with E-state index in [1.165, 1.54) is 77.0 Å². The third kappa shape index (κ3) is 13.1. The minimum Gasteiger partial charge on any atom is -0.299 e. The van der Waals surface area contributed by atoms with Crippen molar-refractivity contribution in [1.82, 2.24) is 0 Å². The van der Waals surface area contributed by atoms with E-state index in [-0.39, 0.29) is 0 Å². The van der Waals surface area contributed by atoms with E-state index in [4.69, 9.17) is 0 Å². The Bertz CT molecular complexity index is 222. The molecule has 0 amide bonds. The van der Waals surface area contributed by atoms with Crippen LogP contribution in [-0.2, 0) is 4.79 Å². The third-order valence-electron chi connectivity index (χ3n) is 4.70. The summed E-state index contributed by atoms with van der Waals surface area (Å²) in [6.45, 7) is 6.42. The standard InChI is InChI=1S/C20H40O/c1-4-7-8-9-10-11-12-13-14-15-16-17-18-19(5-2)20(21)6-3/h19H,4-18H2,1-3H3. The molecule has 0 aliphatic carbocycles. The summed E-state index contributed by atoms with van der Waals surface area (Å²) in [6.07, 6.45) is 19.6. The van der Waals surface area contributed by atoms with Gasteiger partial charge in [0, 0.05) is 12.3 Å². The summed E-state index contributed by atoms with van der Waals surface area (Å²) in [6, 6.07) is 0. The summed E-state index contributed by atoms with van der Waals surface area (Å²) in [4.78, 5) is 11.7. The van der Waals surface area contributed by atoms with Gasteiger partial charge in [-0.15, -0.1) is 0 Å². The highest BCUT2D eigenvalue weighted by atomic mass is 16.1. The summed E-state index contributed by atoms with van der Waals surface area (Å²) in [5.74, 6) is 0.818. The van der Waals surface area contributed by atoms with Gasteiger partial charge in [-0.3, -0.25) is 4.79 Å². The summed E-state index contributed by atoms with van der Waals surface area (Å²) < 4.78 is 0. The van der Waals surface area contributed by atoms with Crippen LogP contribution in [-0.4, -0.2) is 5.78 Å². The number of ketones is 1. The lowest BCUT2D eigenvalue weighted by atomic mass is 9.92. The Hall–Kier alpha value is -0.330. The minimum absolute atomic E-state index is 0.345. The first-order valence-corrected chi connectivity index (χ1v) is 9.78. The van der Waals surface area contributed by atoms with E-state index < -0.39 is 0 Å². The molecular formula is C20H40O. The van der Waals surface area contributed by atoms with Gasteiger partial charge in [0.1, 0.15) is 5.78 Å². The lowest BCUT2D eigenvalue weighted by Crippen LogP contribution is -2.12. The zero-order valence-corrected chi connectivity index (χ0v) is 15.1. The van der Waals surface area contributed by atoms with Crippen molar-refractivity contribution in [3.63, 3.8) is 0 Å². The molecule has 0 heterocycles. The van der Waals surface area contributed by atoms with E-state index >= 15 is 0 Å².